The van der Waals surface area contributed by atoms with Gasteiger partial charge >= 0.3 is 0 Å². The molecule has 1 heterocycles. The van der Waals surface area contributed by atoms with Crippen molar-refractivity contribution in [2.45, 2.75) is 101 Å². The van der Waals surface area contributed by atoms with E-state index < -0.39 is 15.8 Å². The predicted octanol–water partition coefficient (Wildman–Crippen LogP) is 17.9. The van der Waals surface area contributed by atoms with Crippen molar-refractivity contribution < 1.29 is 0 Å². The smallest absolute Gasteiger partial charge is 0.0228 e. The zero-order valence-corrected chi connectivity index (χ0v) is 39.5. The van der Waals surface area contributed by atoms with Crippen molar-refractivity contribution in [1.82, 2.24) is 4.57 Å². The van der Waals surface area contributed by atoms with Gasteiger partial charge in [0.2, 0.25) is 0 Å². The zero-order valence-electron chi connectivity index (χ0n) is 37.7. The fourth-order valence-electron chi connectivity index (χ4n) is 5.99. The summed E-state index contributed by atoms with van der Waals surface area (Å²) in [6.07, 6.45) is 55.6. The van der Waals surface area contributed by atoms with E-state index >= 15 is 0 Å². The molecule has 3 heteroatoms. The van der Waals surface area contributed by atoms with Crippen LogP contribution in [-0.4, -0.2) is 10.2 Å². The predicted molar refractivity (Wildman–Crippen MR) is 275 cm³/mol. The van der Waals surface area contributed by atoms with Gasteiger partial charge in [-0.25, -0.2) is 0 Å². The van der Waals surface area contributed by atoms with E-state index in [4.69, 9.17) is 0 Å². The third kappa shape index (κ3) is 18.8. The molecular formula is C55H75NP2. The van der Waals surface area contributed by atoms with E-state index in [1.807, 2.05) is 92.7 Å². The Hall–Kier alpha value is -4.54. The third-order valence-electron chi connectivity index (χ3n) is 8.50. The molecule has 310 valence electrons. The van der Waals surface area contributed by atoms with Gasteiger partial charge in [-0.05, 0) is 99.9 Å². The number of aromatic nitrogens is 1. The molecule has 0 spiro atoms. The Morgan fingerprint density at radius 3 is 1.86 bits per heavy atom. The van der Waals surface area contributed by atoms with Gasteiger partial charge < -0.3 is 4.57 Å². The van der Waals surface area contributed by atoms with E-state index in [9.17, 15) is 0 Å². The first kappa shape index (κ1) is 53.5. The standard InChI is InChI=1S/C47H51NP2.4C2H6/c1-6-10-12-18-26-36-48-39-41(38-43(9-4)49(37-27-13-11-7-2)44-28-24-19-25-29-44)47(40(48)5)35-34-42(8-3)50(45-30-20-14-15-21-31-45)46-32-22-16-17-23-33-46;4*1-2/h6-30,32,36-39,42H,2-4,31,33-35H2,1,5H3;4*1-2H3/b10-6-,13-11-,18-12-,36-26+,37-27+,43-38+;;;;. The lowest BCUT2D eigenvalue weighted by Gasteiger charge is -2.30. The van der Waals surface area contributed by atoms with Crippen LogP contribution in [0.15, 0.2) is 206 Å². The highest BCUT2D eigenvalue weighted by Gasteiger charge is 2.26. The van der Waals surface area contributed by atoms with Crippen LogP contribution in [0.1, 0.15) is 98.4 Å². The quantitative estimate of drug-likeness (QED) is 0.0852. The minimum Gasteiger partial charge on any atom is -0.327 e. The molecule has 0 fully saturated rings. The summed E-state index contributed by atoms with van der Waals surface area (Å²) in [4.78, 5) is 0. The molecule has 0 aliphatic heterocycles. The fraction of sp³-hybridized carbons (Fsp3) is 0.273. The number of nitrogens with zero attached hydrogens (tertiary/aromatic N) is 1. The molecule has 0 amide bonds. The average Bonchev–Trinajstić information content (AvgIpc) is 3.56. The molecule has 2 unspecified atom stereocenters. The summed E-state index contributed by atoms with van der Waals surface area (Å²) >= 11 is 0. The van der Waals surface area contributed by atoms with Gasteiger partial charge in [-0.3, -0.25) is 0 Å². The number of hydrogen-bond acceptors (Lipinski definition) is 0. The maximum atomic E-state index is 4.42. The molecule has 1 aromatic carbocycles. The third-order valence-corrected chi connectivity index (χ3v) is 13.7. The Labute approximate surface area is 359 Å². The largest absolute Gasteiger partial charge is 0.327 e. The Morgan fingerprint density at radius 1 is 0.724 bits per heavy atom. The van der Waals surface area contributed by atoms with Gasteiger partial charge in [0.1, 0.15) is 0 Å². The van der Waals surface area contributed by atoms with Crippen LogP contribution in [0.3, 0.4) is 0 Å². The van der Waals surface area contributed by atoms with E-state index in [1.165, 1.54) is 38.1 Å². The monoisotopic (exact) mass is 812 g/mol. The summed E-state index contributed by atoms with van der Waals surface area (Å²) < 4.78 is 2.27. The first-order valence-corrected chi connectivity index (χ1v) is 24.2. The van der Waals surface area contributed by atoms with Crippen molar-refractivity contribution in [3.8, 4) is 0 Å². The van der Waals surface area contributed by atoms with Crippen molar-refractivity contribution in [3.63, 3.8) is 0 Å². The zero-order chi connectivity index (χ0) is 43.4. The van der Waals surface area contributed by atoms with Crippen LogP contribution >= 0.6 is 15.8 Å². The van der Waals surface area contributed by atoms with E-state index in [0.29, 0.717) is 5.66 Å². The molecule has 0 saturated heterocycles. The molecule has 0 radical (unpaired) electrons. The summed E-state index contributed by atoms with van der Waals surface area (Å²) in [6.45, 7) is 32.8. The van der Waals surface area contributed by atoms with Crippen molar-refractivity contribution in [3.05, 3.63) is 222 Å². The second-order valence-electron chi connectivity index (χ2n) is 11.8. The first-order chi connectivity index (χ1) is 28.6. The Bertz CT molecular complexity index is 1780. The lowest BCUT2D eigenvalue weighted by atomic mass is 10.0. The molecule has 0 saturated carbocycles. The Balaban J connectivity index is 0.00000382. The van der Waals surface area contributed by atoms with Gasteiger partial charge in [-0.2, -0.15) is 0 Å². The summed E-state index contributed by atoms with van der Waals surface area (Å²) in [5.41, 5.74) is 4.22. The molecule has 1 aromatic heterocycles. The summed E-state index contributed by atoms with van der Waals surface area (Å²) in [5, 5.41) is 5.53. The molecular weight excluding hydrogens is 737 g/mol. The highest BCUT2D eigenvalue weighted by molar-refractivity contribution is 7.73. The Morgan fingerprint density at radius 2 is 1.31 bits per heavy atom. The van der Waals surface area contributed by atoms with Gasteiger partial charge in [0.25, 0.3) is 0 Å². The molecule has 2 aromatic rings. The molecule has 58 heavy (non-hydrogen) atoms. The van der Waals surface area contributed by atoms with Gasteiger partial charge in [-0.15, -0.1) is 6.58 Å². The number of rotatable bonds is 17. The molecule has 0 N–H and O–H groups in total. The lowest BCUT2D eigenvalue weighted by Crippen LogP contribution is -2.08. The summed E-state index contributed by atoms with van der Waals surface area (Å²) in [7, 11) is -1.35. The molecule has 4 rings (SSSR count). The van der Waals surface area contributed by atoms with Crippen LogP contribution in [0.4, 0.5) is 0 Å². The van der Waals surface area contributed by atoms with E-state index in [1.54, 1.807) is 6.08 Å². The van der Waals surface area contributed by atoms with E-state index in [2.05, 4.69) is 177 Å². The topological polar surface area (TPSA) is 4.93 Å². The highest BCUT2D eigenvalue weighted by atomic mass is 31.1. The van der Waals surface area contributed by atoms with Crippen LogP contribution in [0, 0.1) is 6.92 Å². The second kappa shape index (κ2) is 35.6. The second-order valence-corrected chi connectivity index (χ2v) is 16.4. The molecule has 0 bridgehead atoms. The average molecular weight is 812 g/mol. The van der Waals surface area contributed by atoms with Crippen LogP contribution in [0.5, 0.6) is 0 Å². The normalized spacial score (nSPS) is 14.6. The number of allylic oxidation sites excluding steroid dienone is 24. The fourth-order valence-corrected chi connectivity index (χ4v) is 10.8. The van der Waals surface area contributed by atoms with Crippen LogP contribution in [0.25, 0.3) is 12.3 Å². The minimum atomic E-state index is -0.771. The lowest BCUT2D eigenvalue weighted by molar-refractivity contribution is 0.839. The van der Waals surface area contributed by atoms with Gasteiger partial charge in [0.05, 0.1) is 0 Å². The maximum absolute atomic E-state index is 4.42. The van der Waals surface area contributed by atoms with Crippen molar-refractivity contribution in [2.24, 2.45) is 0 Å². The number of hydrogen-bond donors (Lipinski definition) is 0. The van der Waals surface area contributed by atoms with Crippen molar-refractivity contribution in [2.75, 3.05) is 0 Å². The van der Waals surface area contributed by atoms with Crippen molar-refractivity contribution in [1.29, 1.82) is 0 Å². The molecule has 2 atom stereocenters. The van der Waals surface area contributed by atoms with E-state index in [0.717, 1.165) is 25.7 Å². The van der Waals surface area contributed by atoms with Gasteiger partial charge in [0.15, 0.2) is 0 Å². The van der Waals surface area contributed by atoms with E-state index in [-0.39, 0.29) is 0 Å². The Kier molecular flexibility index (Phi) is 32.8. The maximum Gasteiger partial charge on any atom is 0.0228 e. The summed E-state index contributed by atoms with van der Waals surface area (Å²) in [5.74, 6) is 2.31. The molecule has 2 aliphatic carbocycles. The molecule has 2 aliphatic rings. The van der Waals surface area contributed by atoms with Crippen LogP contribution in [0.2, 0.25) is 0 Å². The minimum absolute atomic E-state index is 0.348. The van der Waals surface area contributed by atoms with Crippen LogP contribution < -0.4 is 5.30 Å². The van der Waals surface area contributed by atoms with Gasteiger partial charge in [0, 0.05) is 23.7 Å². The number of benzene rings is 1. The van der Waals surface area contributed by atoms with Crippen molar-refractivity contribution >= 4 is 33.4 Å². The van der Waals surface area contributed by atoms with Crippen LogP contribution in [-0.2, 0) is 6.42 Å². The SMILES string of the molecule is C=C/C=C\C=C\P(/C(C=C)=C/c1cn(/C=C/C=C\C=C/C)c(C)c1CCC(C=C)P(C1=CC=CC=CC1)C1=CC=CC=CC1)c1ccccc1.CC.CC.CC.CC. The summed E-state index contributed by atoms with van der Waals surface area (Å²) in [6, 6.07) is 10.8. The van der Waals surface area contributed by atoms with Gasteiger partial charge in [-0.1, -0.05) is 226 Å². The molecule has 1 nitrogen and oxygen atoms in total. The highest BCUT2D eigenvalue weighted by Crippen LogP contribution is 2.61. The first-order valence-electron chi connectivity index (χ1n) is 21.4.